The highest BCUT2D eigenvalue weighted by Gasteiger charge is 2.41. The van der Waals surface area contributed by atoms with Gasteiger partial charge in [0.1, 0.15) is 0 Å². The maximum atomic E-state index is 13.0. The third kappa shape index (κ3) is 3.20. The molecule has 30 heavy (non-hydrogen) atoms. The van der Waals surface area contributed by atoms with E-state index in [1.807, 2.05) is 0 Å². The number of benzene rings is 1. The highest BCUT2D eigenvalue weighted by atomic mass is 19.4. The summed E-state index contributed by atoms with van der Waals surface area (Å²) in [4.78, 5) is 38.8. The Morgan fingerprint density at radius 3 is 2.53 bits per heavy atom. The molecule has 1 aromatic carbocycles. The van der Waals surface area contributed by atoms with Crippen LogP contribution in [0, 0.1) is 5.21 Å². The Balaban J connectivity index is 1.73. The second kappa shape index (κ2) is 6.98. The number of amides is 2. The Morgan fingerprint density at radius 2 is 1.87 bits per heavy atom. The predicted molar refractivity (Wildman–Crippen MR) is 89.6 cm³/mol. The van der Waals surface area contributed by atoms with Gasteiger partial charge in [0.25, 0.3) is 0 Å². The summed E-state index contributed by atoms with van der Waals surface area (Å²) in [6, 6.07) is 1.25. The van der Waals surface area contributed by atoms with Gasteiger partial charge < -0.3 is 15.4 Å². The summed E-state index contributed by atoms with van der Waals surface area (Å²) in [5, 5.41) is 25.3. The van der Waals surface area contributed by atoms with E-state index in [0.717, 1.165) is 6.07 Å². The van der Waals surface area contributed by atoms with Gasteiger partial charge in [0.15, 0.2) is 10.9 Å². The number of carbonyl (C=O) groups excluding carboxylic acids is 3. The molecule has 2 heterocycles. The summed E-state index contributed by atoms with van der Waals surface area (Å²) >= 11 is 0. The summed E-state index contributed by atoms with van der Waals surface area (Å²) in [7, 11) is 0. The first-order valence-corrected chi connectivity index (χ1v) is 8.63. The molecule has 0 atom stereocenters. The number of aromatic nitrogens is 3. The van der Waals surface area contributed by atoms with Gasteiger partial charge in [-0.1, -0.05) is 5.10 Å². The van der Waals surface area contributed by atoms with Crippen molar-refractivity contribution in [3.8, 4) is 0 Å². The first kappa shape index (κ1) is 19.6. The maximum Gasteiger partial charge on any atom is 0.416 e. The number of nitrogens with zero attached hydrogens (tertiary/aromatic N) is 6. The minimum atomic E-state index is -4.74. The fourth-order valence-electron chi connectivity index (χ4n) is 3.15. The number of piperazine rings is 1. The second-order valence-corrected chi connectivity index (χ2v) is 6.46. The summed E-state index contributed by atoms with van der Waals surface area (Å²) in [5.41, 5.74) is -3.26. The van der Waals surface area contributed by atoms with Crippen molar-refractivity contribution in [2.75, 3.05) is 26.2 Å². The van der Waals surface area contributed by atoms with Crippen LogP contribution < -0.4 is 10.3 Å². The highest BCUT2D eigenvalue weighted by molar-refractivity contribution is 6.26. The van der Waals surface area contributed by atoms with Crippen LogP contribution in [0.5, 0.6) is 0 Å². The Labute approximate surface area is 165 Å². The summed E-state index contributed by atoms with van der Waals surface area (Å²) in [6.45, 7) is 1.77. The molecule has 1 aliphatic carbocycles. The molecule has 0 bridgehead atoms. The molecule has 4 rings (SSSR count). The molecule has 0 spiro atoms. The van der Waals surface area contributed by atoms with Gasteiger partial charge in [-0.3, -0.25) is 9.59 Å². The lowest BCUT2D eigenvalue weighted by atomic mass is 9.89. The number of hydrogen-bond donors (Lipinski definition) is 1. The van der Waals surface area contributed by atoms with Crippen LogP contribution in [-0.2, 0) is 6.18 Å². The molecule has 1 aromatic heterocycles. The number of carbonyl (C=O) groups is 3. The average molecular weight is 423 g/mol. The minimum Gasteiger partial charge on any atom is -0.672 e. The van der Waals surface area contributed by atoms with Crippen LogP contribution in [0.25, 0.3) is 0 Å². The van der Waals surface area contributed by atoms with E-state index >= 15 is 0 Å². The molecule has 0 unspecified atom stereocenters. The number of fused-ring (bicyclic) bond motifs is 2. The second-order valence-electron chi connectivity index (χ2n) is 6.46. The molecule has 2 aliphatic rings. The van der Waals surface area contributed by atoms with Crippen molar-refractivity contribution in [1.29, 1.82) is 0 Å². The zero-order chi connectivity index (χ0) is 21.6. The van der Waals surface area contributed by atoms with Crippen molar-refractivity contribution in [1.82, 2.24) is 20.1 Å². The molecule has 2 aromatic rings. The monoisotopic (exact) mass is 423 g/mol. The lowest BCUT2D eigenvalue weighted by Crippen LogP contribution is -2.45. The van der Waals surface area contributed by atoms with Crippen LogP contribution in [0.1, 0.15) is 37.7 Å². The molecule has 156 valence electrons. The van der Waals surface area contributed by atoms with Gasteiger partial charge in [-0.15, -0.1) is 0 Å². The zero-order valence-corrected chi connectivity index (χ0v) is 15.0. The van der Waals surface area contributed by atoms with Gasteiger partial charge >= 0.3 is 12.2 Å². The lowest BCUT2D eigenvalue weighted by molar-refractivity contribution is -0.748. The van der Waals surface area contributed by atoms with Crippen LogP contribution in [0.4, 0.5) is 18.0 Å². The van der Waals surface area contributed by atoms with Gasteiger partial charge in [-0.25, -0.2) is 4.79 Å². The van der Waals surface area contributed by atoms with Gasteiger partial charge in [0.05, 0.1) is 10.7 Å². The maximum absolute atomic E-state index is 13.0. The van der Waals surface area contributed by atoms with E-state index in [4.69, 9.17) is 0 Å². The van der Waals surface area contributed by atoms with E-state index in [1.165, 1.54) is 4.90 Å². The summed E-state index contributed by atoms with van der Waals surface area (Å²) in [5.74, 6) is -1.98. The van der Waals surface area contributed by atoms with Crippen LogP contribution in [-0.4, -0.2) is 58.6 Å². The number of hydrogen-bond acceptors (Lipinski definition) is 7. The molecule has 0 radical (unpaired) electrons. The van der Waals surface area contributed by atoms with Crippen LogP contribution in [0.3, 0.4) is 0 Å². The normalized spacial score (nSPS) is 16.7. The van der Waals surface area contributed by atoms with E-state index in [-0.39, 0.29) is 15.3 Å². The van der Waals surface area contributed by atoms with Crippen molar-refractivity contribution < 1.29 is 32.5 Å². The molecular formula is C16H12F3N7O4. The third-order valence-corrected chi connectivity index (χ3v) is 4.64. The fourth-order valence-corrected chi connectivity index (χ4v) is 3.15. The number of nitrogens with one attached hydrogen (secondary N) is 1. The van der Waals surface area contributed by atoms with E-state index in [2.05, 4.69) is 20.8 Å². The fraction of sp³-hybridized carbons (Fsp3) is 0.312. The van der Waals surface area contributed by atoms with Crippen molar-refractivity contribution >= 4 is 17.6 Å². The molecule has 1 N–H and O–H groups in total. The molecule has 11 nitrogen and oxygen atoms in total. The third-order valence-electron chi connectivity index (χ3n) is 4.64. The van der Waals surface area contributed by atoms with Crippen molar-refractivity contribution in [2.45, 2.75) is 6.18 Å². The molecule has 1 fully saturated rings. The zero-order valence-electron chi connectivity index (χ0n) is 15.0. The molecule has 0 saturated carbocycles. The highest BCUT2D eigenvalue weighted by Crippen LogP contribution is 2.33. The molecular weight excluding hydrogens is 411 g/mol. The molecule has 1 aliphatic heterocycles. The standard InChI is InChI=1S/C16H12F3N7O4/c17-16(18,19)8-1-2-9-10(7-8)14(28)12-11(13(9)27)22-26(30)25(12)23-21-15(29)24-5-3-20-4-6-24/h1-2,7,20H,3-6H2. The molecule has 2 amide bonds. The Morgan fingerprint density at radius 1 is 1.17 bits per heavy atom. The number of ketones is 2. The average Bonchev–Trinajstić information content (AvgIpc) is 3.06. The first-order chi connectivity index (χ1) is 14.2. The van der Waals surface area contributed by atoms with Crippen LogP contribution in [0.2, 0.25) is 0 Å². The first-order valence-electron chi connectivity index (χ1n) is 8.63. The number of halogens is 3. The topological polar surface area (TPSA) is 136 Å². The SMILES string of the molecule is O=C1c2ccc(C(F)(F)F)cc2C(=O)c2c1n[n+]([O-])n2N=NC(=O)N1CCNCC1. The van der Waals surface area contributed by atoms with E-state index in [0.29, 0.717) is 38.3 Å². The number of rotatable bonds is 1. The van der Waals surface area contributed by atoms with Gasteiger partial charge in [0.2, 0.25) is 17.3 Å². The Bertz CT molecular complexity index is 1100. The Kier molecular flexibility index (Phi) is 4.57. The predicted octanol–water partition coefficient (Wildman–Crippen LogP) is 0.551. The summed E-state index contributed by atoms with van der Waals surface area (Å²) in [6.07, 6.45) is -4.74. The number of alkyl halides is 3. The van der Waals surface area contributed by atoms with Gasteiger partial charge in [0, 0.05) is 42.1 Å². The summed E-state index contributed by atoms with van der Waals surface area (Å²) < 4.78 is 39.0. The van der Waals surface area contributed by atoms with E-state index in [9.17, 15) is 32.8 Å². The van der Waals surface area contributed by atoms with Crippen molar-refractivity contribution in [2.24, 2.45) is 10.3 Å². The van der Waals surface area contributed by atoms with Crippen LogP contribution >= 0.6 is 0 Å². The van der Waals surface area contributed by atoms with E-state index < -0.39 is 46.3 Å². The number of urea groups is 1. The lowest BCUT2D eigenvalue weighted by Gasteiger charge is -2.24. The van der Waals surface area contributed by atoms with Gasteiger partial charge in [-0.2, -0.15) is 13.2 Å². The van der Waals surface area contributed by atoms with Crippen LogP contribution in [0.15, 0.2) is 28.5 Å². The molecule has 14 heteroatoms. The van der Waals surface area contributed by atoms with Crippen molar-refractivity contribution in [3.63, 3.8) is 0 Å². The quantitative estimate of drug-likeness (QED) is 0.345. The van der Waals surface area contributed by atoms with E-state index in [1.54, 1.807) is 0 Å². The molecule has 1 saturated heterocycles. The smallest absolute Gasteiger partial charge is 0.416 e. The Hall–Kier alpha value is -3.68. The largest absolute Gasteiger partial charge is 0.672 e. The van der Waals surface area contributed by atoms with Gasteiger partial charge in [-0.05, 0) is 23.2 Å². The van der Waals surface area contributed by atoms with Crippen molar-refractivity contribution in [3.05, 3.63) is 51.5 Å². The minimum absolute atomic E-state index is 0.231.